The van der Waals surface area contributed by atoms with E-state index in [1.54, 1.807) is 16.7 Å². The predicted molar refractivity (Wildman–Crippen MR) is 65.6 cm³/mol. The first-order valence-corrected chi connectivity index (χ1v) is 7.33. The van der Waals surface area contributed by atoms with Gasteiger partial charge in [-0.05, 0) is 24.5 Å². The molecule has 2 N–H and O–H groups in total. The maximum atomic E-state index is 12.0. The SMILES string of the molecule is NCCS(=O)(=O)N(Cc1cccnc1)C1CC1. The number of rotatable bonds is 6. The molecule has 5 nitrogen and oxygen atoms in total. The Morgan fingerprint density at radius 1 is 1.47 bits per heavy atom. The van der Waals surface area contributed by atoms with Crippen LogP contribution in [0.5, 0.6) is 0 Å². The Morgan fingerprint density at radius 2 is 2.24 bits per heavy atom. The van der Waals surface area contributed by atoms with Crippen LogP contribution in [0, 0.1) is 0 Å². The lowest BCUT2D eigenvalue weighted by atomic mass is 10.3. The first-order chi connectivity index (χ1) is 8.13. The normalized spacial score (nSPS) is 16.4. The van der Waals surface area contributed by atoms with Crippen molar-refractivity contribution in [3.05, 3.63) is 30.1 Å². The summed E-state index contributed by atoms with van der Waals surface area (Å²) in [5.74, 6) is 0.0176. The standard InChI is InChI=1S/C11H17N3O2S/c12-5-7-17(15,16)14(11-3-4-11)9-10-2-1-6-13-8-10/h1-2,6,8,11H,3-5,7,9,12H2. The molecule has 0 amide bonds. The summed E-state index contributed by atoms with van der Waals surface area (Å²) < 4.78 is 25.7. The van der Waals surface area contributed by atoms with Gasteiger partial charge >= 0.3 is 0 Å². The Hall–Kier alpha value is -0.980. The maximum absolute atomic E-state index is 12.0. The summed E-state index contributed by atoms with van der Waals surface area (Å²) in [4.78, 5) is 4.00. The van der Waals surface area contributed by atoms with Gasteiger partial charge in [-0.3, -0.25) is 4.98 Å². The Balaban J connectivity index is 2.13. The van der Waals surface area contributed by atoms with Crippen LogP contribution >= 0.6 is 0 Å². The molecule has 1 heterocycles. The lowest BCUT2D eigenvalue weighted by molar-refractivity contribution is 0.398. The van der Waals surface area contributed by atoms with E-state index in [-0.39, 0.29) is 18.3 Å². The van der Waals surface area contributed by atoms with Gasteiger partial charge in [0, 0.05) is 31.5 Å². The summed E-state index contributed by atoms with van der Waals surface area (Å²) in [5.41, 5.74) is 6.26. The Labute approximate surface area is 102 Å². The molecule has 1 aliphatic carbocycles. The molecule has 1 aliphatic rings. The molecule has 17 heavy (non-hydrogen) atoms. The number of hydrogen-bond donors (Lipinski definition) is 1. The van der Waals surface area contributed by atoms with Gasteiger partial charge in [-0.15, -0.1) is 0 Å². The van der Waals surface area contributed by atoms with Crippen molar-refractivity contribution in [3.63, 3.8) is 0 Å². The smallest absolute Gasteiger partial charge is 0.215 e. The van der Waals surface area contributed by atoms with Gasteiger partial charge in [-0.25, -0.2) is 8.42 Å². The molecule has 2 rings (SSSR count). The van der Waals surface area contributed by atoms with Crippen LogP contribution in [-0.4, -0.2) is 36.0 Å². The van der Waals surface area contributed by atoms with Gasteiger partial charge < -0.3 is 5.73 Å². The summed E-state index contributed by atoms with van der Waals surface area (Å²) in [6, 6.07) is 3.86. The van der Waals surface area contributed by atoms with E-state index in [0.29, 0.717) is 6.54 Å². The average Bonchev–Trinajstić information content (AvgIpc) is 3.11. The third kappa shape index (κ3) is 3.24. The minimum Gasteiger partial charge on any atom is -0.329 e. The molecule has 0 unspecified atom stereocenters. The molecule has 1 saturated carbocycles. The molecule has 0 spiro atoms. The molecular weight excluding hydrogens is 238 g/mol. The Kier molecular flexibility index (Phi) is 3.76. The zero-order chi connectivity index (χ0) is 12.3. The van der Waals surface area contributed by atoms with E-state index in [1.807, 2.05) is 12.1 Å². The van der Waals surface area contributed by atoms with Gasteiger partial charge in [0.05, 0.1) is 5.75 Å². The number of nitrogens with two attached hydrogens (primary N) is 1. The van der Waals surface area contributed by atoms with Gasteiger partial charge in [0.1, 0.15) is 0 Å². The van der Waals surface area contributed by atoms with Crippen molar-refractivity contribution in [3.8, 4) is 0 Å². The molecule has 0 aromatic carbocycles. The van der Waals surface area contributed by atoms with Crippen LogP contribution in [0.25, 0.3) is 0 Å². The highest BCUT2D eigenvalue weighted by molar-refractivity contribution is 7.89. The van der Waals surface area contributed by atoms with E-state index in [4.69, 9.17) is 5.73 Å². The molecule has 94 valence electrons. The second-order valence-corrected chi connectivity index (χ2v) is 6.28. The van der Waals surface area contributed by atoms with Crippen molar-refractivity contribution in [2.75, 3.05) is 12.3 Å². The highest BCUT2D eigenvalue weighted by atomic mass is 32.2. The van der Waals surface area contributed by atoms with Gasteiger partial charge in [-0.2, -0.15) is 4.31 Å². The van der Waals surface area contributed by atoms with E-state index in [1.165, 1.54) is 0 Å². The second kappa shape index (κ2) is 5.12. The number of nitrogens with zero attached hydrogens (tertiary/aromatic N) is 2. The second-order valence-electron chi connectivity index (χ2n) is 4.24. The molecule has 0 radical (unpaired) electrons. The van der Waals surface area contributed by atoms with E-state index in [0.717, 1.165) is 18.4 Å². The van der Waals surface area contributed by atoms with Crippen LogP contribution in [0.3, 0.4) is 0 Å². The van der Waals surface area contributed by atoms with Crippen LogP contribution in [0.4, 0.5) is 0 Å². The number of sulfonamides is 1. The lowest BCUT2D eigenvalue weighted by Gasteiger charge is -2.21. The fraction of sp³-hybridized carbons (Fsp3) is 0.545. The monoisotopic (exact) mass is 255 g/mol. The molecule has 0 saturated heterocycles. The summed E-state index contributed by atoms with van der Waals surface area (Å²) >= 11 is 0. The molecule has 0 atom stereocenters. The van der Waals surface area contributed by atoms with E-state index < -0.39 is 10.0 Å². The van der Waals surface area contributed by atoms with Gasteiger partial charge in [0.2, 0.25) is 10.0 Å². The minimum atomic E-state index is -3.23. The van der Waals surface area contributed by atoms with Gasteiger partial charge in [-0.1, -0.05) is 6.07 Å². The predicted octanol–water partition coefficient (Wildman–Crippen LogP) is 0.335. The van der Waals surface area contributed by atoms with Crippen molar-refractivity contribution in [1.29, 1.82) is 0 Å². The summed E-state index contributed by atoms with van der Waals surface area (Å²) in [7, 11) is -3.23. The molecule has 6 heteroatoms. The fourth-order valence-electron chi connectivity index (χ4n) is 1.75. The van der Waals surface area contributed by atoms with E-state index >= 15 is 0 Å². The van der Waals surface area contributed by atoms with E-state index in [9.17, 15) is 8.42 Å². The topological polar surface area (TPSA) is 76.3 Å². The van der Waals surface area contributed by atoms with Crippen LogP contribution < -0.4 is 5.73 Å². The quantitative estimate of drug-likeness (QED) is 0.795. The van der Waals surface area contributed by atoms with Crippen molar-refractivity contribution in [2.45, 2.75) is 25.4 Å². The Bertz CT molecular complexity index is 457. The van der Waals surface area contributed by atoms with Crippen molar-refractivity contribution in [2.24, 2.45) is 5.73 Å². The summed E-state index contributed by atoms with van der Waals surface area (Å²) in [5, 5.41) is 0. The number of aromatic nitrogens is 1. The fourth-order valence-corrected chi connectivity index (χ4v) is 3.30. The van der Waals surface area contributed by atoms with E-state index in [2.05, 4.69) is 4.98 Å². The molecule has 0 aliphatic heterocycles. The van der Waals surface area contributed by atoms with Crippen LogP contribution in [-0.2, 0) is 16.6 Å². The zero-order valence-corrected chi connectivity index (χ0v) is 10.4. The highest BCUT2D eigenvalue weighted by Crippen LogP contribution is 2.30. The first kappa shape index (κ1) is 12.5. The average molecular weight is 255 g/mol. The third-order valence-corrected chi connectivity index (χ3v) is 4.64. The van der Waals surface area contributed by atoms with Crippen molar-refractivity contribution < 1.29 is 8.42 Å². The molecule has 1 aromatic rings. The summed E-state index contributed by atoms with van der Waals surface area (Å²) in [6.45, 7) is 0.569. The van der Waals surface area contributed by atoms with Crippen LogP contribution in [0.15, 0.2) is 24.5 Å². The van der Waals surface area contributed by atoms with Crippen molar-refractivity contribution >= 4 is 10.0 Å². The summed E-state index contributed by atoms with van der Waals surface area (Å²) in [6.07, 6.45) is 5.28. The molecule has 1 aromatic heterocycles. The molecule has 0 bridgehead atoms. The van der Waals surface area contributed by atoms with Crippen molar-refractivity contribution in [1.82, 2.24) is 9.29 Å². The first-order valence-electron chi connectivity index (χ1n) is 5.72. The third-order valence-electron chi connectivity index (χ3n) is 2.75. The van der Waals surface area contributed by atoms with Crippen LogP contribution in [0.1, 0.15) is 18.4 Å². The van der Waals surface area contributed by atoms with Crippen LogP contribution in [0.2, 0.25) is 0 Å². The van der Waals surface area contributed by atoms with Gasteiger partial charge in [0.25, 0.3) is 0 Å². The molecular formula is C11H17N3O2S. The maximum Gasteiger partial charge on any atom is 0.215 e. The number of pyridine rings is 1. The number of hydrogen-bond acceptors (Lipinski definition) is 4. The molecule has 1 fully saturated rings. The van der Waals surface area contributed by atoms with Gasteiger partial charge in [0.15, 0.2) is 0 Å². The largest absolute Gasteiger partial charge is 0.329 e. The lowest BCUT2D eigenvalue weighted by Crippen LogP contribution is -2.36. The highest BCUT2D eigenvalue weighted by Gasteiger charge is 2.36. The zero-order valence-electron chi connectivity index (χ0n) is 9.62. The Morgan fingerprint density at radius 3 is 2.76 bits per heavy atom. The minimum absolute atomic E-state index is 0.0176.